The van der Waals surface area contributed by atoms with Crippen LogP contribution in [-0.2, 0) is 6.42 Å². The summed E-state index contributed by atoms with van der Waals surface area (Å²) in [4.78, 5) is 0.635. The molecule has 17 heavy (non-hydrogen) atoms. The number of benzene rings is 1. The van der Waals surface area contributed by atoms with Crippen LogP contribution >= 0.6 is 27.5 Å². The standard InChI is InChI=1S/C15H18BrCl/c16-15(9-10-2-1-3-13(17)7-10)14-8-11-4-5-12(14)6-11/h1-3,7,11-12,14-15H,4-6,8-9H2. The van der Waals surface area contributed by atoms with Crippen LogP contribution in [-0.4, -0.2) is 4.83 Å². The third-order valence-electron chi connectivity index (χ3n) is 4.58. The Labute approximate surface area is 117 Å². The maximum absolute atomic E-state index is 6.04. The van der Waals surface area contributed by atoms with Crippen molar-refractivity contribution in [3.63, 3.8) is 0 Å². The summed E-state index contributed by atoms with van der Waals surface area (Å²) in [6.07, 6.45) is 7.00. The average molecular weight is 314 g/mol. The van der Waals surface area contributed by atoms with Crippen molar-refractivity contribution in [2.24, 2.45) is 17.8 Å². The van der Waals surface area contributed by atoms with Crippen LogP contribution in [0.5, 0.6) is 0 Å². The monoisotopic (exact) mass is 312 g/mol. The van der Waals surface area contributed by atoms with Crippen LogP contribution in [0.25, 0.3) is 0 Å². The fraction of sp³-hybridized carbons (Fsp3) is 0.600. The van der Waals surface area contributed by atoms with Gasteiger partial charge in [0.2, 0.25) is 0 Å². The maximum atomic E-state index is 6.04. The summed E-state index contributed by atoms with van der Waals surface area (Å²) in [6, 6.07) is 8.29. The fourth-order valence-corrected chi connectivity index (χ4v) is 5.01. The van der Waals surface area contributed by atoms with E-state index in [9.17, 15) is 0 Å². The smallest absolute Gasteiger partial charge is 0.0408 e. The molecule has 0 heterocycles. The Kier molecular flexibility index (Phi) is 3.49. The van der Waals surface area contributed by atoms with Gasteiger partial charge in [-0.25, -0.2) is 0 Å². The molecule has 0 spiro atoms. The predicted octanol–water partition coefficient (Wildman–Crippen LogP) is 5.08. The second-order valence-electron chi connectivity index (χ2n) is 5.69. The van der Waals surface area contributed by atoms with Gasteiger partial charge in [0.25, 0.3) is 0 Å². The van der Waals surface area contributed by atoms with E-state index in [1.807, 2.05) is 6.07 Å². The highest BCUT2D eigenvalue weighted by Crippen LogP contribution is 2.51. The highest BCUT2D eigenvalue weighted by molar-refractivity contribution is 9.09. The highest BCUT2D eigenvalue weighted by atomic mass is 79.9. The molecule has 0 radical (unpaired) electrons. The average Bonchev–Trinajstić information content (AvgIpc) is 2.90. The van der Waals surface area contributed by atoms with E-state index in [2.05, 4.69) is 34.1 Å². The number of rotatable bonds is 3. The zero-order valence-corrected chi connectivity index (χ0v) is 12.3. The lowest BCUT2D eigenvalue weighted by atomic mass is 9.84. The molecule has 2 aliphatic rings. The third kappa shape index (κ3) is 2.56. The van der Waals surface area contributed by atoms with Crippen LogP contribution in [0.1, 0.15) is 31.2 Å². The molecule has 1 aromatic carbocycles. The molecule has 0 aliphatic heterocycles. The Morgan fingerprint density at radius 1 is 1.29 bits per heavy atom. The molecule has 4 atom stereocenters. The van der Waals surface area contributed by atoms with E-state index in [0.717, 1.165) is 29.2 Å². The lowest BCUT2D eigenvalue weighted by Crippen LogP contribution is -2.22. The summed E-state index contributed by atoms with van der Waals surface area (Å²) in [5.74, 6) is 2.92. The molecule has 0 amide bonds. The van der Waals surface area contributed by atoms with Crippen LogP contribution in [0.4, 0.5) is 0 Å². The number of fused-ring (bicyclic) bond motifs is 2. The first-order valence-corrected chi connectivity index (χ1v) is 7.90. The molecule has 0 saturated heterocycles. The molecule has 2 saturated carbocycles. The summed E-state index contributed by atoms with van der Waals surface area (Å²) < 4.78 is 0. The minimum Gasteiger partial charge on any atom is -0.0884 e. The Morgan fingerprint density at radius 2 is 2.18 bits per heavy atom. The fourth-order valence-electron chi connectivity index (χ4n) is 3.78. The van der Waals surface area contributed by atoms with Crippen molar-refractivity contribution in [3.05, 3.63) is 34.9 Å². The molecule has 3 rings (SSSR count). The number of hydrogen-bond acceptors (Lipinski definition) is 0. The molecule has 2 fully saturated rings. The Balaban J connectivity index is 1.65. The Hall–Kier alpha value is -0.0100. The molecule has 0 aromatic heterocycles. The van der Waals surface area contributed by atoms with Crippen molar-refractivity contribution in [2.45, 2.75) is 36.9 Å². The Bertz CT molecular complexity index is 404. The van der Waals surface area contributed by atoms with Gasteiger partial charge in [-0.2, -0.15) is 0 Å². The molecule has 0 nitrogen and oxygen atoms in total. The summed E-state index contributed by atoms with van der Waals surface area (Å²) in [5.41, 5.74) is 1.36. The quantitative estimate of drug-likeness (QED) is 0.682. The van der Waals surface area contributed by atoms with Gasteiger partial charge in [-0.3, -0.25) is 0 Å². The van der Waals surface area contributed by atoms with Crippen molar-refractivity contribution in [3.8, 4) is 0 Å². The van der Waals surface area contributed by atoms with Crippen molar-refractivity contribution in [2.75, 3.05) is 0 Å². The van der Waals surface area contributed by atoms with Crippen LogP contribution in [0.15, 0.2) is 24.3 Å². The van der Waals surface area contributed by atoms with Crippen LogP contribution < -0.4 is 0 Å². The van der Waals surface area contributed by atoms with Gasteiger partial charge in [-0.15, -0.1) is 0 Å². The molecule has 2 aliphatic carbocycles. The first kappa shape index (κ1) is 12.0. The lowest BCUT2D eigenvalue weighted by Gasteiger charge is -2.26. The zero-order valence-electron chi connectivity index (χ0n) is 9.91. The molecule has 1 aromatic rings. The summed E-state index contributed by atoms with van der Waals surface area (Å²) in [5, 5.41) is 0.857. The van der Waals surface area contributed by atoms with Gasteiger partial charge in [0.1, 0.15) is 0 Å². The zero-order chi connectivity index (χ0) is 11.8. The molecular weight excluding hydrogens is 296 g/mol. The SMILES string of the molecule is Clc1cccc(CC(Br)C2CC3CCC2C3)c1. The van der Waals surface area contributed by atoms with Crippen molar-refractivity contribution < 1.29 is 0 Å². The van der Waals surface area contributed by atoms with Gasteiger partial charge in [0, 0.05) is 9.85 Å². The van der Waals surface area contributed by atoms with Gasteiger partial charge in [-0.1, -0.05) is 46.1 Å². The van der Waals surface area contributed by atoms with E-state index in [-0.39, 0.29) is 0 Å². The van der Waals surface area contributed by atoms with E-state index >= 15 is 0 Å². The van der Waals surface area contributed by atoms with Crippen LogP contribution in [0.3, 0.4) is 0 Å². The summed E-state index contributed by atoms with van der Waals surface area (Å²) in [7, 11) is 0. The van der Waals surface area contributed by atoms with E-state index in [1.165, 1.54) is 31.2 Å². The molecule has 2 heteroatoms. The number of halogens is 2. The van der Waals surface area contributed by atoms with Crippen molar-refractivity contribution in [1.82, 2.24) is 0 Å². The summed E-state index contributed by atoms with van der Waals surface area (Å²) in [6.45, 7) is 0. The first-order valence-electron chi connectivity index (χ1n) is 6.61. The van der Waals surface area contributed by atoms with E-state index in [0.29, 0.717) is 4.83 Å². The van der Waals surface area contributed by atoms with Gasteiger partial charge >= 0.3 is 0 Å². The normalized spacial score (nSPS) is 32.9. The minimum absolute atomic E-state index is 0.635. The van der Waals surface area contributed by atoms with E-state index < -0.39 is 0 Å². The molecular formula is C15H18BrCl. The van der Waals surface area contributed by atoms with Gasteiger partial charge < -0.3 is 0 Å². The molecule has 4 unspecified atom stereocenters. The van der Waals surface area contributed by atoms with E-state index in [4.69, 9.17) is 11.6 Å². The number of alkyl halides is 1. The predicted molar refractivity (Wildman–Crippen MR) is 76.8 cm³/mol. The van der Waals surface area contributed by atoms with Crippen LogP contribution in [0.2, 0.25) is 5.02 Å². The molecule has 0 N–H and O–H groups in total. The van der Waals surface area contributed by atoms with Gasteiger partial charge in [0.05, 0.1) is 0 Å². The largest absolute Gasteiger partial charge is 0.0884 e. The molecule has 92 valence electrons. The highest BCUT2D eigenvalue weighted by Gasteiger charge is 2.42. The lowest BCUT2D eigenvalue weighted by molar-refractivity contribution is 0.326. The maximum Gasteiger partial charge on any atom is 0.0408 e. The Morgan fingerprint density at radius 3 is 2.82 bits per heavy atom. The number of hydrogen-bond donors (Lipinski definition) is 0. The first-order chi connectivity index (χ1) is 8.22. The minimum atomic E-state index is 0.635. The van der Waals surface area contributed by atoms with E-state index in [1.54, 1.807) is 0 Å². The molecule has 2 bridgehead atoms. The van der Waals surface area contributed by atoms with Gasteiger partial charge in [0.15, 0.2) is 0 Å². The van der Waals surface area contributed by atoms with Gasteiger partial charge in [-0.05, 0) is 61.1 Å². The van der Waals surface area contributed by atoms with Crippen molar-refractivity contribution in [1.29, 1.82) is 0 Å². The second kappa shape index (κ2) is 4.93. The van der Waals surface area contributed by atoms with Crippen molar-refractivity contribution >= 4 is 27.5 Å². The van der Waals surface area contributed by atoms with Crippen LogP contribution in [0, 0.1) is 17.8 Å². The third-order valence-corrected chi connectivity index (χ3v) is 5.81. The second-order valence-corrected chi connectivity index (χ2v) is 7.30. The topological polar surface area (TPSA) is 0 Å². The summed E-state index contributed by atoms with van der Waals surface area (Å²) >= 11 is 9.96.